The number of alkyl halides is 4. The van der Waals surface area contributed by atoms with Crippen molar-refractivity contribution in [1.82, 2.24) is 14.9 Å². The summed E-state index contributed by atoms with van der Waals surface area (Å²) in [4.78, 5) is 38.8. The number of ether oxygens (including phenoxy) is 2. The molecule has 0 spiro atoms. The van der Waals surface area contributed by atoms with E-state index in [0.717, 1.165) is 14.9 Å². The second-order valence-corrected chi connectivity index (χ2v) is 11.0. The monoisotopic (exact) mass is 507 g/mol. The van der Waals surface area contributed by atoms with Crippen LogP contribution in [0.1, 0.15) is 47.5 Å². The number of hydrogen-bond acceptors (Lipinski definition) is 6. The minimum absolute atomic E-state index is 0.000443. The van der Waals surface area contributed by atoms with E-state index in [0.29, 0.717) is 0 Å². The van der Waals surface area contributed by atoms with Crippen LogP contribution in [-0.2, 0) is 19.1 Å². The predicted molar refractivity (Wildman–Crippen MR) is 116 cm³/mol. The van der Waals surface area contributed by atoms with Gasteiger partial charge in [-0.15, -0.1) is 0 Å². The van der Waals surface area contributed by atoms with Crippen molar-refractivity contribution in [3.05, 3.63) is 12.7 Å². The zero-order valence-electron chi connectivity index (χ0n) is 20.7. The quantitative estimate of drug-likeness (QED) is 0.298. The van der Waals surface area contributed by atoms with E-state index in [2.05, 4.69) is 6.58 Å². The smallest absolute Gasteiger partial charge is 0.410 e. The molecule has 3 atom stereocenters. The number of fused-ring (bicyclic) bond motifs is 1. The molecule has 0 aromatic rings. The van der Waals surface area contributed by atoms with E-state index < -0.39 is 71.8 Å². The summed E-state index contributed by atoms with van der Waals surface area (Å²) in [6.07, 6.45) is -0.236. The molecular weight excluding hydrogens is 474 g/mol. The number of rotatable bonds is 7. The van der Waals surface area contributed by atoms with Crippen LogP contribution in [0.2, 0.25) is 0 Å². The number of carbonyl (C=O) groups excluding carboxylic acids is 3. The molecule has 2 amide bonds. The van der Waals surface area contributed by atoms with Crippen molar-refractivity contribution in [3.63, 3.8) is 0 Å². The van der Waals surface area contributed by atoms with Gasteiger partial charge in [0, 0.05) is 13.0 Å². The molecule has 1 saturated carbocycles. The van der Waals surface area contributed by atoms with E-state index in [1.807, 2.05) is 0 Å². The maximum atomic E-state index is 15.3. The molecule has 3 aliphatic rings. The molecule has 0 N–H and O–H groups in total. The summed E-state index contributed by atoms with van der Waals surface area (Å²) in [6.45, 7) is 9.84. The Morgan fingerprint density at radius 2 is 1.69 bits per heavy atom. The first-order valence-corrected chi connectivity index (χ1v) is 11.5. The van der Waals surface area contributed by atoms with Crippen LogP contribution in [0.25, 0.3) is 0 Å². The number of hydrazine groups is 1. The van der Waals surface area contributed by atoms with Gasteiger partial charge in [0.1, 0.15) is 24.2 Å². The predicted octanol–water partition coefficient (Wildman–Crippen LogP) is 3.47. The van der Waals surface area contributed by atoms with Crippen LogP contribution in [0, 0.1) is 11.3 Å². The molecule has 2 saturated heterocycles. The number of esters is 1. The standard InChI is InChI=1S/C23H33F4N3O5/c1-7-10-34-18(32)21(5,6)8-9-29-16-15(12-30(29)17(31)14-11-22(14,24)25)28(13-23(16,26)27)19(33)35-20(2,3)4/h7,14-16H,1,8-13H2,2-6H3/t14?,15-,16+/m0/s1. The molecule has 0 aromatic carbocycles. The Balaban J connectivity index is 1.86. The molecule has 3 rings (SSSR count). The molecule has 2 heterocycles. The lowest BCUT2D eigenvalue weighted by Gasteiger charge is -2.35. The van der Waals surface area contributed by atoms with E-state index in [4.69, 9.17) is 9.47 Å². The van der Waals surface area contributed by atoms with E-state index >= 15 is 8.78 Å². The summed E-state index contributed by atoms with van der Waals surface area (Å²) in [5.41, 5.74) is -2.05. The first-order valence-electron chi connectivity index (χ1n) is 11.5. The van der Waals surface area contributed by atoms with Crippen LogP contribution in [0.5, 0.6) is 0 Å². The second kappa shape index (κ2) is 8.94. The minimum Gasteiger partial charge on any atom is -0.461 e. The third-order valence-electron chi connectivity index (χ3n) is 6.43. The van der Waals surface area contributed by atoms with Gasteiger partial charge in [-0.25, -0.2) is 27.4 Å². The number of amides is 2. The fourth-order valence-corrected chi connectivity index (χ4v) is 4.42. The Hall–Kier alpha value is -2.37. The largest absolute Gasteiger partial charge is 0.461 e. The van der Waals surface area contributed by atoms with Crippen LogP contribution in [0.15, 0.2) is 12.7 Å². The van der Waals surface area contributed by atoms with Gasteiger partial charge < -0.3 is 9.47 Å². The van der Waals surface area contributed by atoms with E-state index in [9.17, 15) is 23.2 Å². The highest BCUT2D eigenvalue weighted by Gasteiger charge is 2.68. The third kappa shape index (κ3) is 5.57. The normalized spacial score (nSPS) is 27.4. The van der Waals surface area contributed by atoms with Crippen molar-refractivity contribution < 1.29 is 41.4 Å². The van der Waals surface area contributed by atoms with Gasteiger partial charge in [0.2, 0.25) is 5.91 Å². The Morgan fingerprint density at radius 1 is 1.09 bits per heavy atom. The summed E-state index contributed by atoms with van der Waals surface area (Å²) < 4.78 is 68.3. The third-order valence-corrected chi connectivity index (χ3v) is 6.43. The molecule has 2 aliphatic heterocycles. The summed E-state index contributed by atoms with van der Waals surface area (Å²) in [5.74, 6) is -9.81. The molecule has 198 valence electrons. The summed E-state index contributed by atoms with van der Waals surface area (Å²) >= 11 is 0. The van der Waals surface area contributed by atoms with Crippen molar-refractivity contribution >= 4 is 18.0 Å². The fraction of sp³-hybridized carbons (Fsp3) is 0.783. The maximum Gasteiger partial charge on any atom is 0.410 e. The summed E-state index contributed by atoms with van der Waals surface area (Å²) in [6, 6.07) is -2.79. The number of nitrogens with zero attached hydrogens (tertiary/aromatic N) is 3. The van der Waals surface area contributed by atoms with E-state index in [-0.39, 0.29) is 26.1 Å². The van der Waals surface area contributed by atoms with Gasteiger partial charge in [-0.2, -0.15) is 0 Å². The Morgan fingerprint density at radius 3 is 2.20 bits per heavy atom. The fourth-order valence-electron chi connectivity index (χ4n) is 4.42. The highest BCUT2D eigenvalue weighted by atomic mass is 19.3. The molecule has 8 nitrogen and oxygen atoms in total. The number of carbonyl (C=O) groups is 3. The van der Waals surface area contributed by atoms with Gasteiger partial charge in [0.25, 0.3) is 11.8 Å². The second-order valence-electron chi connectivity index (χ2n) is 11.0. The van der Waals surface area contributed by atoms with Gasteiger partial charge in [-0.3, -0.25) is 19.5 Å². The SMILES string of the molecule is C=CCOC(=O)C(C)(C)CCN1[C@@H]2[C@H](CN1C(=O)C1CC1(F)F)N(C(=O)OC(C)(C)C)CC2(F)F. The molecule has 12 heteroatoms. The lowest BCUT2D eigenvalue weighted by atomic mass is 9.89. The summed E-state index contributed by atoms with van der Waals surface area (Å²) in [7, 11) is 0. The van der Waals surface area contributed by atoms with Gasteiger partial charge in [-0.1, -0.05) is 12.7 Å². The van der Waals surface area contributed by atoms with Crippen molar-refractivity contribution in [2.75, 3.05) is 26.2 Å². The van der Waals surface area contributed by atoms with Gasteiger partial charge in [0.15, 0.2) is 0 Å². The van der Waals surface area contributed by atoms with Gasteiger partial charge >= 0.3 is 12.1 Å². The molecule has 0 bridgehead atoms. The molecular formula is C23H33F4N3O5. The van der Waals surface area contributed by atoms with Crippen molar-refractivity contribution in [2.45, 2.75) is 77.0 Å². The topological polar surface area (TPSA) is 79.4 Å². The molecule has 1 unspecified atom stereocenters. The van der Waals surface area contributed by atoms with Crippen LogP contribution in [0.3, 0.4) is 0 Å². The molecule has 35 heavy (non-hydrogen) atoms. The van der Waals surface area contributed by atoms with Crippen LogP contribution >= 0.6 is 0 Å². The average molecular weight is 508 g/mol. The lowest BCUT2D eigenvalue weighted by molar-refractivity contribution is -0.162. The Labute approximate surface area is 202 Å². The van der Waals surface area contributed by atoms with Gasteiger partial charge in [0.05, 0.1) is 24.5 Å². The van der Waals surface area contributed by atoms with E-state index in [1.165, 1.54) is 6.08 Å². The highest BCUT2D eigenvalue weighted by molar-refractivity contribution is 5.83. The molecule has 3 fully saturated rings. The summed E-state index contributed by atoms with van der Waals surface area (Å²) in [5, 5.41) is 1.95. The van der Waals surface area contributed by atoms with Crippen molar-refractivity contribution in [2.24, 2.45) is 11.3 Å². The number of hydrogen-bond donors (Lipinski definition) is 0. The van der Waals surface area contributed by atoms with Crippen LogP contribution in [-0.4, -0.2) is 88.7 Å². The van der Waals surface area contributed by atoms with Gasteiger partial charge in [-0.05, 0) is 41.0 Å². The van der Waals surface area contributed by atoms with E-state index in [1.54, 1.807) is 34.6 Å². The first kappa shape index (κ1) is 27.2. The highest BCUT2D eigenvalue weighted by Crippen LogP contribution is 2.51. The number of halogens is 4. The van der Waals surface area contributed by atoms with Crippen molar-refractivity contribution in [1.29, 1.82) is 0 Å². The van der Waals surface area contributed by atoms with Crippen LogP contribution < -0.4 is 0 Å². The Bertz CT molecular complexity index is 889. The molecule has 1 aliphatic carbocycles. The lowest BCUT2D eigenvalue weighted by Crippen LogP contribution is -2.53. The average Bonchev–Trinajstić information content (AvgIpc) is 3.06. The minimum atomic E-state index is -3.45. The zero-order chi connectivity index (χ0) is 26.6. The Kier molecular flexibility index (Phi) is 6.95. The molecule has 0 aromatic heterocycles. The first-order chi connectivity index (χ1) is 15.9. The number of likely N-dealkylation sites (tertiary alicyclic amines) is 1. The van der Waals surface area contributed by atoms with Crippen molar-refractivity contribution in [3.8, 4) is 0 Å². The molecule has 0 radical (unpaired) electrons. The zero-order valence-corrected chi connectivity index (χ0v) is 20.7. The maximum absolute atomic E-state index is 15.3. The van der Waals surface area contributed by atoms with Crippen LogP contribution in [0.4, 0.5) is 22.4 Å².